The van der Waals surface area contributed by atoms with Gasteiger partial charge in [-0.2, -0.15) is 0 Å². The van der Waals surface area contributed by atoms with Gasteiger partial charge in [0, 0.05) is 16.6 Å². The molecular weight excluding hydrogens is 232 g/mol. The summed E-state index contributed by atoms with van der Waals surface area (Å²) in [5.41, 5.74) is 1.20. The Labute approximate surface area is 121 Å². The molecule has 0 radical (unpaired) electrons. The number of nitrogens with zero attached hydrogens (tertiary/aromatic N) is 1. The van der Waals surface area contributed by atoms with Gasteiger partial charge in [0.2, 0.25) is 0 Å². The van der Waals surface area contributed by atoms with Crippen molar-refractivity contribution in [3.8, 4) is 0 Å². The predicted molar refractivity (Wildman–Crippen MR) is 85.7 cm³/mol. The van der Waals surface area contributed by atoms with Crippen LogP contribution in [0.25, 0.3) is 0 Å². The monoisotopic (exact) mass is 268 g/mol. The molecule has 0 unspecified atom stereocenters. The number of rotatable bonds is 0. The lowest BCUT2D eigenvalue weighted by molar-refractivity contribution is 0.108. The summed E-state index contributed by atoms with van der Waals surface area (Å²) in [5, 5.41) is 3.63. The fourth-order valence-electron chi connectivity index (χ4n) is 3.41. The largest absolute Gasteiger partial charge is 0.307 e. The van der Waals surface area contributed by atoms with Crippen molar-refractivity contribution >= 4 is 0 Å². The number of nitrogens with one attached hydrogen (secondary N) is 1. The van der Waals surface area contributed by atoms with Gasteiger partial charge in [-0.05, 0) is 87.2 Å². The molecule has 0 atom stereocenters. The van der Waals surface area contributed by atoms with E-state index in [0.717, 1.165) is 0 Å². The molecule has 2 saturated heterocycles. The van der Waals surface area contributed by atoms with Crippen LogP contribution in [0.1, 0.15) is 80.1 Å². The summed E-state index contributed by atoms with van der Waals surface area (Å²) in [4.78, 5) is 2.45. The normalized spacial score (nSPS) is 29.2. The van der Waals surface area contributed by atoms with E-state index in [-0.39, 0.29) is 0 Å². The van der Waals surface area contributed by atoms with E-state index in [1.54, 1.807) is 0 Å². The summed E-state index contributed by atoms with van der Waals surface area (Å²) in [6.45, 7) is 15.1. The fourth-order valence-corrected chi connectivity index (χ4v) is 3.41. The van der Waals surface area contributed by atoms with Gasteiger partial charge in [0.1, 0.15) is 0 Å². The van der Waals surface area contributed by atoms with E-state index in [1.165, 1.54) is 45.1 Å². The molecule has 2 heteroatoms. The van der Waals surface area contributed by atoms with Crippen molar-refractivity contribution in [2.45, 2.75) is 96.7 Å². The molecule has 2 fully saturated rings. The van der Waals surface area contributed by atoms with Crippen LogP contribution in [0.3, 0.4) is 0 Å². The Bertz CT molecular complexity index is 265. The van der Waals surface area contributed by atoms with Crippen molar-refractivity contribution in [1.29, 1.82) is 0 Å². The number of hydrogen-bond donors (Lipinski definition) is 1. The molecule has 2 heterocycles. The summed E-state index contributed by atoms with van der Waals surface area (Å²) < 4.78 is 0. The van der Waals surface area contributed by atoms with Crippen molar-refractivity contribution in [2.75, 3.05) is 13.6 Å². The minimum atomic E-state index is 0.363. The second-order valence-electron chi connectivity index (χ2n) is 8.44. The smallest absolute Gasteiger partial charge is 0.0150 e. The standard InChI is InChI=1S/C9H19N.C8H17N/c1-8(2)6-5-7-9(3,4)10-8;1-8(2)6-4-5-7-9(8)3/h10H,5-7H2,1-4H3;4-7H2,1-3H3. The van der Waals surface area contributed by atoms with E-state index < -0.39 is 0 Å². The molecule has 1 N–H and O–H groups in total. The molecule has 0 spiro atoms. The van der Waals surface area contributed by atoms with E-state index >= 15 is 0 Å². The lowest BCUT2D eigenvalue weighted by Crippen LogP contribution is -2.55. The molecule has 2 rings (SSSR count). The summed E-state index contributed by atoms with van der Waals surface area (Å²) >= 11 is 0. The number of hydrogen-bond acceptors (Lipinski definition) is 2. The van der Waals surface area contributed by atoms with E-state index in [2.05, 4.69) is 58.8 Å². The van der Waals surface area contributed by atoms with E-state index in [1.807, 2.05) is 0 Å². The Morgan fingerprint density at radius 2 is 1.26 bits per heavy atom. The third kappa shape index (κ3) is 5.83. The lowest BCUT2D eigenvalue weighted by atomic mass is 9.83. The highest BCUT2D eigenvalue weighted by Gasteiger charge is 2.31. The Morgan fingerprint density at radius 3 is 1.53 bits per heavy atom. The van der Waals surface area contributed by atoms with Crippen LogP contribution in [0.15, 0.2) is 0 Å². The zero-order valence-corrected chi connectivity index (χ0v) is 14.4. The molecule has 19 heavy (non-hydrogen) atoms. The van der Waals surface area contributed by atoms with Crippen molar-refractivity contribution in [3.63, 3.8) is 0 Å². The second-order valence-corrected chi connectivity index (χ2v) is 8.44. The van der Waals surface area contributed by atoms with Gasteiger partial charge in [-0.1, -0.05) is 6.42 Å². The maximum Gasteiger partial charge on any atom is 0.0150 e. The molecule has 0 aromatic carbocycles. The molecule has 0 aromatic heterocycles. The van der Waals surface area contributed by atoms with Gasteiger partial charge in [0.05, 0.1) is 0 Å². The molecule has 0 bridgehead atoms. The van der Waals surface area contributed by atoms with Gasteiger partial charge in [-0.3, -0.25) is 0 Å². The summed E-state index contributed by atoms with van der Waals surface area (Å²) in [6, 6.07) is 0. The molecular formula is C17H36N2. The average Bonchev–Trinajstić information content (AvgIpc) is 2.20. The molecule has 0 aliphatic carbocycles. The zero-order valence-electron chi connectivity index (χ0n) is 14.4. The topological polar surface area (TPSA) is 15.3 Å². The van der Waals surface area contributed by atoms with Gasteiger partial charge in [0.25, 0.3) is 0 Å². The lowest BCUT2D eigenvalue weighted by Gasteiger charge is -2.42. The first kappa shape index (κ1) is 17.0. The third-order valence-electron chi connectivity index (χ3n) is 4.85. The predicted octanol–water partition coefficient (Wildman–Crippen LogP) is 4.20. The van der Waals surface area contributed by atoms with Crippen LogP contribution >= 0.6 is 0 Å². The Hall–Kier alpha value is -0.0800. The van der Waals surface area contributed by atoms with E-state index in [0.29, 0.717) is 16.6 Å². The summed E-state index contributed by atoms with van der Waals surface area (Å²) in [7, 11) is 2.22. The highest BCUT2D eigenvalue weighted by atomic mass is 15.2. The molecule has 2 aliphatic rings. The van der Waals surface area contributed by atoms with Crippen LogP contribution in [-0.4, -0.2) is 35.1 Å². The molecule has 0 saturated carbocycles. The Balaban J connectivity index is 0.000000191. The second kappa shape index (κ2) is 6.13. The number of likely N-dealkylation sites (tertiary alicyclic amines) is 1. The van der Waals surface area contributed by atoms with Gasteiger partial charge in [0.15, 0.2) is 0 Å². The molecule has 0 aromatic rings. The first-order chi connectivity index (χ1) is 8.54. The Kier molecular flexibility index (Phi) is 5.48. The van der Waals surface area contributed by atoms with Crippen molar-refractivity contribution < 1.29 is 0 Å². The van der Waals surface area contributed by atoms with Crippen molar-refractivity contribution in [3.05, 3.63) is 0 Å². The first-order valence-electron chi connectivity index (χ1n) is 8.05. The summed E-state index contributed by atoms with van der Waals surface area (Å²) in [5.74, 6) is 0. The first-order valence-corrected chi connectivity index (χ1v) is 8.05. The maximum absolute atomic E-state index is 3.63. The van der Waals surface area contributed by atoms with Crippen LogP contribution in [-0.2, 0) is 0 Å². The van der Waals surface area contributed by atoms with Crippen LogP contribution in [0, 0.1) is 0 Å². The van der Waals surface area contributed by atoms with Crippen molar-refractivity contribution in [1.82, 2.24) is 10.2 Å². The van der Waals surface area contributed by atoms with Gasteiger partial charge < -0.3 is 10.2 Å². The van der Waals surface area contributed by atoms with Gasteiger partial charge in [-0.15, -0.1) is 0 Å². The van der Waals surface area contributed by atoms with Crippen LogP contribution in [0.5, 0.6) is 0 Å². The zero-order chi connectivity index (χ0) is 14.7. The van der Waals surface area contributed by atoms with Crippen molar-refractivity contribution in [2.24, 2.45) is 0 Å². The Morgan fingerprint density at radius 1 is 0.737 bits per heavy atom. The average molecular weight is 268 g/mol. The number of piperidine rings is 2. The highest BCUT2D eigenvalue weighted by molar-refractivity contribution is 4.92. The maximum atomic E-state index is 3.63. The summed E-state index contributed by atoms with van der Waals surface area (Å²) in [6.07, 6.45) is 8.17. The van der Waals surface area contributed by atoms with Crippen LogP contribution in [0.2, 0.25) is 0 Å². The van der Waals surface area contributed by atoms with E-state index in [9.17, 15) is 0 Å². The minimum Gasteiger partial charge on any atom is -0.307 e. The molecule has 114 valence electrons. The van der Waals surface area contributed by atoms with E-state index in [4.69, 9.17) is 0 Å². The van der Waals surface area contributed by atoms with Gasteiger partial charge >= 0.3 is 0 Å². The third-order valence-corrected chi connectivity index (χ3v) is 4.85. The van der Waals surface area contributed by atoms with Crippen LogP contribution < -0.4 is 5.32 Å². The quantitative estimate of drug-likeness (QED) is 0.708. The molecule has 2 aliphatic heterocycles. The van der Waals surface area contributed by atoms with Crippen LogP contribution in [0.4, 0.5) is 0 Å². The SMILES string of the molecule is CC1(C)CCCC(C)(C)N1.CN1CCCCC1(C)C. The highest BCUT2D eigenvalue weighted by Crippen LogP contribution is 2.27. The molecule has 0 amide bonds. The minimum absolute atomic E-state index is 0.363. The fraction of sp³-hybridized carbons (Fsp3) is 1.00. The van der Waals surface area contributed by atoms with Gasteiger partial charge in [-0.25, -0.2) is 0 Å². The molecule has 2 nitrogen and oxygen atoms in total.